The molecule has 0 bridgehead atoms. The minimum atomic E-state index is 0.0151. The fourth-order valence-corrected chi connectivity index (χ4v) is 2.82. The Morgan fingerprint density at radius 3 is 2.92 bits per heavy atom. The number of nitrogens with one attached hydrogen (secondary N) is 2. The van der Waals surface area contributed by atoms with Gasteiger partial charge in [0.15, 0.2) is 5.96 Å². The van der Waals surface area contributed by atoms with Crippen LogP contribution in [0.3, 0.4) is 0 Å². The highest BCUT2D eigenvalue weighted by Crippen LogP contribution is 2.23. The molecule has 138 valence electrons. The van der Waals surface area contributed by atoms with E-state index in [0.29, 0.717) is 6.54 Å². The summed E-state index contributed by atoms with van der Waals surface area (Å²) in [6.07, 6.45) is 2.62. The average Bonchev–Trinajstić information content (AvgIpc) is 3.28. The Morgan fingerprint density at radius 1 is 1.31 bits per heavy atom. The van der Waals surface area contributed by atoms with Crippen LogP contribution >= 0.6 is 0 Å². The van der Waals surface area contributed by atoms with Crippen molar-refractivity contribution < 1.29 is 4.42 Å². The molecule has 1 aromatic carbocycles. The van der Waals surface area contributed by atoms with Gasteiger partial charge >= 0.3 is 0 Å². The van der Waals surface area contributed by atoms with Gasteiger partial charge in [0.05, 0.1) is 12.6 Å². The molecule has 0 aliphatic carbocycles. The number of fused-ring (bicyclic) bond motifs is 1. The van der Waals surface area contributed by atoms with Crippen molar-refractivity contribution in [2.45, 2.75) is 39.8 Å². The molecule has 0 fully saturated rings. The van der Waals surface area contributed by atoms with Gasteiger partial charge in [0.25, 0.3) is 0 Å². The lowest BCUT2D eigenvalue weighted by Gasteiger charge is -2.16. The third kappa shape index (κ3) is 4.22. The van der Waals surface area contributed by atoms with Crippen LogP contribution in [-0.4, -0.2) is 33.8 Å². The van der Waals surface area contributed by atoms with E-state index in [1.54, 1.807) is 6.33 Å². The summed E-state index contributed by atoms with van der Waals surface area (Å²) in [5, 5.41) is 15.9. The van der Waals surface area contributed by atoms with Crippen LogP contribution < -0.4 is 10.6 Å². The normalized spacial score (nSPS) is 13.1. The highest BCUT2D eigenvalue weighted by atomic mass is 16.3. The zero-order valence-corrected chi connectivity index (χ0v) is 15.6. The summed E-state index contributed by atoms with van der Waals surface area (Å²) in [5.41, 5.74) is 0.901. The van der Waals surface area contributed by atoms with Crippen molar-refractivity contribution >= 4 is 16.9 Å². The number of para-hydroxylation sites is 1. The molecule has 7 nitrogen and oxygen atoms in total. The highest BCUT2D eigenvalue weighted by Gasteiger charge is 2.13. The Bertz CT molecular complexity index is 833. The third-order valence-electron chi connectivity index (χ3n) is 4.19. The number of nitrogens with zero attached hydrogens (tertiary/aromatic N) is 4. The summed E-state index contributed by atoms with van der Waals surface area (Å²) >= 11 is 0. The van der Waals surface area contributed by atoms with E-state index >= 15 is 0 Å². The van der Waals surface area contributed by atoms with Gasteiger partial charge in [-0.15, -0.1) is 10.2 Å². The summed E-state index contributed by atoms with van der Waals surface area (Å²) in [7, 11) is 0. The Hall–Kier alpha value is -2.83. The number of guanidine groups is 1. The van der Waals surface area contributed by atoms with E-state index in [2.05, 4.69) is 58.7 Å². The van der Waals surface area contributed by atoms with Crippen LogP contribution in [0.15, 0.2) is 46.1 Å². The number of hydrogen-bond donors (Lipinski definition) is 2. The molecule has 0 aliphatic heterocycles. The van der Waals surface area contributed by atoms with Gasteiger partial charge in [0.2, 0.25) is 0 Å². The maximum Gasteiger partial charge on any atom is 0.191 e. The lowest BCUT2D eigenvalue weighted by Crippen LogP contribution is -2.38. The molecule has 0 saturated carbocycles. The first-order valence-electron chi connectivity index (χ1n) is 9.11. The fourth-order valence-electron chi connectivity index (χ4n) is 2.82. The Labute approximate surface area is 153 Å². The molecule has 3 aromatic rings. The van der Waals surface area contributed by atoms with Crippen molar-refractivity contribution in [2.75, 3.05) is 13.1 Å². The second-order valence-corrected chi connectivity index (χ2v) is 6.11. The molecular weight excluding hydrogens is 328 g/mol. The molecule has 0 aliphatic rings. The maximum atomic E-state index is 5.94. The zero-order chi connectivity index (χ0) is 18.4. The van der Waals surface area contributed by atoms with Crippen LogP contribution in [0, 0.1) is 0 Å². The molecule has 2 aromatic heterocycles. The standard InChI is InChI=1S/C19H26N6O/c1-4-18-24-22-13-25(18)11-10-21-19(20-5-2)23-14(3)17-12-15-8-6-7-9-16(15)26-17/h6-9,12-14H,4-5,10-11H2,1-3H3,(H2,20,21,23). The van der Waals surface area contributed by atoms with E-state index in [9.17, 15) is 0 Å². The molecule has 26 heavy (non-hydrogen) atoms. The van der Waals surface area contributed by atoms with Gasteiger partial charge in [-0.25, -0.2) is 0 Å². The first-order valence-corrected chi connectivity index (χ1v) is 9.11. The minimum absolute atomic E-state index is 0.0151. The van der Waals surface area contributed by atoms with Crippen molar-refractivity contribution in [2.24, 2.45) is 4.99 Å². The first kappa shape index (κ1) is 18.0. The summed E-state index contributed by atoms with van der Waals surface area (Å²) in [4.78, 5) is 4.66. The van der Waals surface area contributed by atoms with Crippen LogP contribution in [0.4, 0.5) is 0 Å². The maximum absolute atomic E-state index is 5.94. The second kappa shape index (κ2) is 8.51. The molecule has 2 N–H and O–H groups in total. The van der Waals surface area contributed by atoms with E-state index < -0.39 is 0 Å². The monoisotopic (exact) mass is 354 g/mol. The molecule has 0 radical (unpaired) electrons. The zero-order valence-electron chi connectivity index (χ0n) is 15.6. The van der Waals surface area contributed by atoms with E-state index in [1.807, 2.05) is 22.8 Å². The van der Waals surface area contributed by atoms with E-state index in [-0.39, 0.29) is 6.04 Å². The van der Waals surface area contributed by atoms with Gasteiger partial charge < -0.3 is 19.6 Å². The van der Waals surface area contributed by atoms with E-state index in [0.717, 1.165) is 48.0 Å². The number of furan rings is 1. The van der Waals surface area contributed by atoms with Crippen molar-refractivity contribution in [3.8, 4) is 0 Å². The van der Waals surface area contributed by atoms with E-state index in [1.165, 1.54) is 0 Å². The lowest BCUT2D eigenvalue weighted by atomic mass is 10.2. The molecule has 7 heteroatoms. The van der Waals surface area contributed by atoms with Crippen LogP contribution in [0.5, 0.6) is 0 Å². The summed E-state index contributed by atoms with van der Waals surface area (Å²) < 4.78 is 7.97. The van der Waals surface area contributed by atoms with Gasteiger partial charge in [-0.1, -0.05) is 25.1 Å². The molecule has 0 amide bonds. The van der Waals surface area contributed by atoms with Gasteiger partial charge in [-0.05, 0) is 26.0 Å². The molecule has 1 unspecified atom stereocenters. The van der Waals surface area contributed by atoms with Crippen LogP contribution in [0.2, 0.25) is 0 Å². The van der Waals surface area contributed by atoms with E-state index in [4.69, 9.17) is 4.42 Å². The van der Waals surface area contributed by atoms with Gasteiger partial charge in [0, 0.05) is 24.9 Å². The lowest BCUT2D eigenvalue weighted by molar-refractivity contribution is 0.488. The van der Waals surface area contributed by atoms with Gasteiger partial charge in [0.1, 0.15) is 23.5 Å². The van der Waals surface area contributed by atoms with Crippen LogP contribution in [0.25, 0.3) is 11.0 Å². The van der Waals surface area contributed by atoms with Crippen molar-refractivity contribution in [3.05, 3.63) is 48.2 Å². The fraction of sp³-hybridized carbons (Fsp3) is 0.421. The number of aromatic nitrogens is 3. The first-order chi connectivity index (χ1) is 12.7. The van der Waals surface area contributed by atoms with Gasteiger partial charge in [-0.3, -0.25) is 4.99 Å². The largest absolute Gasteiger partial charge is 0.459 e. The van der Waals surface area contributed by atoms with Crippen LogP contribution in [-0.2, 0) is 13.0 Å². The average molecular weight is 354 g/mol. The number of aryl methyl sites for hydroxylation is 1. The quantitative estimate of drug-likeness (QED) is 0.504. The Kier molecular flexibility index (Phi) is 5.88. The predicted octanol–water partition coefficient (Wildman–Crippen LogP) is 2.90. The number of hydrogen-bond acceptors (Lipinski definition) is 4. The Morgan fingerprint density at radius 2 is 2.15 bits per heavy atom. The molecule has 0 saturated heterocycles. The number of aliphatic imine (C=N–C) groups is 1. The summed E-state index contributed by atoms with van der Waals surface area (Å²) in [6, 6.07) is 10.1. The number of rotatable bonds is 7. The molecule has 0 spiro atoms. The predicted molar refractivity (Wildman–Crippen MR) is 103 cm³/mol. The third-order valence-corrected chi connectivity index (χ3v) is 4.19. The van der Waals surface area contributed by atoms with Crippen LogP contribution in [0.1, 0.15) is 38.4 Å². The molecular formula is C19H26N6O. The van der Waals surface area contributed by atoms with Crippen molar-refractivity contribution in [3.63, 3.8) is 0 Å². The number of benzene rings is 1. The Balaban J connectivity index is 1.64. The SMILES string of the molecule is CCNC(=NCCn1cnnc1CC)NC(C)c1cc2ccccc2o1. The summed E-state index contributed by atoms with van der Waals surface area (Å²) in [5.74, 6) is 2.64. The summed E-state index contributed by atoms with van der Waals surface area (Å²) in [6.45, 7) is 8.40. The molecule has 1 atom stereocenters. The van der Waals surface area contributed by atoms with Crippen molar-refractivity contribution in [1.82, 2.24) is 25.4 Å². The smallest absolute Gasteiger partial charge is 0.191 e. The minimum Gasteiger partial charge on any atom is -0.459 e. The van der Waals surface area contributed by atoms with Crippen molar-refractivity contribution in [1.29, 1.82) is 0 Å². The second-order valence-electron chi connectivity index (χ2n) is 6.11. The molecule has 2 heterocycles. The van der Waals surface area contributed by atoms with Gasteiger partial charge in [-0.2, -0.15) is 0 Å². The molecule has 3 rings (SSSR count). The highest BCUT2D eigenvalue weighted by molar-refractivity contribution is 5.81. The topological polar surface area (TPSA) is 80.3 Å².